The predicted octanol–water partition coefficient (Wildman–Crippen LogP) is 4.43. The van der Waals surface area contributed by atoms with Crippen LogP contribution in [0, 0.1) is 0 Å². The zero-order valence-corrected chi connectivity index (χ0v) is 14.8. The summed E-state index contributed by atoms with van der Waals surface area (Å²) in [5.74, 6) is 0.317. The minimum Gasteiger partial charge on any atom is -0.291 e. The van der Waals surface area contributed by atoms with Gasteiger partial charge in [0.1, 0.15) is 0 Å². The van der Waals surface area contributed by atoms with Gasteiger partial charge in [-0.2, -0.15) is 5.10 Å². The van der Waals surface area contributed by atoms with Crippen molar-refractivity contribution in [3.05, 3.63) is 94.8 Å². The first kappa shape index (κ1) is 16.7. The van der Waals surface area contributed by atoms with E-state index in [0.717, 1.165) is 22.4 Å². The van der Waals surface area contributed by atoms with E-state index in [0.29, 0.717) is 16.9 Å². The van der Waals surface area contributed by atoms with E-state index >= 15 is 0 Å². The summed E-state index contributed by atoms with van der Waals surface area (Å²) in [6.45, 7) is 1.91. The Morgan fingerprint density at radius 1 is 0.926 bits per heavy atom. The van der Waals surface area contributed by atoms with Crippen LogP contribution in [0.5, 0.6) is 0 Å². The lowest BCUT2D eigenvalue weighted by Crippen LogP contribution is -2.11. The van der Waals surface area contributed by atoms with Crippen molar-refractivity contribution in [2.75, 3.05) is 5.43 Å². The van der Waals surface area contributed by atoms with E-state index in [1.807, 2.05) is 49.4 Å². The van der Waals surface area contributed by atoms with Crippen molar-refractivity contribution in [2.45, 2.75) is 6.92 Å². The van der Waals surface area contributed by atoms with Gasteiger partial charge in [-0.3, -0.25) is 9.78 Å². The molecule has 1 aromatic heterocycles. The number of para-hydroxylation sites is 1. The lowest BCUT2D eigenvalue weighted by molar-refractivity contribution is 1.12. The van der Waals surface area contributed by atoms with Gasteiger partial charge in [0.05, 0.1) is 16.6 Å². The average molecular weight is 354 g/mol. The minimum absolute atomic E-state index is 0.193. The Morgan fingerprint density at radius 3 is 2.52 bits per heavy atom. The van der Waals surface area contributed by atoms with Gasteiger partial charge in [0, 0.05) is 0 Å². The molecule has 0 amide bonds. The molecular weight excluding hydrogens is 336 g/mol. The monoisotopic (exact) mass is 354 g/mol. The molecule has 3 aromatic carbocycles. The molecule has 1 heterocycles. The Bertz CT molecular complexity index is 1180. The molecule has 0 aliphatic rings. The zero-order chi connectivity index (χ0) is 18.6. The van der Waals surface area contributed by atoms with Crippen LogP contribution in [0.25, 0.3) is 22.0 Å². The van der Waals surface area contributed by atoms with Crippen LogP contribution in [-0.2, 0) is 0 Å². The first-order chi connectivity index (χ1) is 13.2. The fourth-order valence-electron chi connectivity index (χ4n) is 2.90. The molecule has 2 N–H and O–H groups in total. The number of benzene rings is 3. The van der Waals surface area contributed by atoms with Gasteiger partial charge in [0.25, 0.3) is 5.56 Å². The largest absolute Gasteiger partial charge is 0.291 e. The maximum Gasteiger partial charge on any atom is 0.260 e. The van der Waals surface area contributed by atoms with Gasteiger partial charge in [-0.25, -0.2) is 10.4 Å². The highest BCUT2D eigenvalue weighted by atomic mass is 16.1. The summed E-state index contributed by atoms with van der Waals surface area (Å²) in [6, 6.07) is 25.6. The Kier molecular flexibility index (Phi) is 4.49. The summed E-state index contributed by atoms with van der Waals surface area (Å²) >= 11 is 0. The van der Waals surface area contributed by atoms with Crippen molar-refractivity contribution in [3.8, 4) is 11.1 Å². The van der Waals surface area contributed by atoms with Crippen molar-refractivity contribution in [1.82, 2.24) is 9.97 Å². The molecule has 0 radical (unpaired) electrons. The molecule has 0 aliphatic carbocycles. The van der Waals surface area contributed by atoms with Crippen LogP contribution >= 0.6 is 0 Å². The van der Waals surface area contributed by atoms with Crippen LogP contribution in [0.4, 0.5) is 5.95 Å². The Labute approximate surface area is 156 Å². The standard InChI is InChI=1S/C22H18N4O/c1-15(17-10-7-11-18(14-17)16-8-3-2-4-9-16)25-26-22-23-20-13-6-5-12-19(20)21(27)24-22/h2-14H,1H3,(H2,23,24,26,27)/b25-15+. The molecule has 5 heteroatoms. The molecule has 5 nitrogen and oxygen atoms in total. The fourth-order valence-corrected chi connectivity index (χ4v) is 2.90. The fraction of sp³-hybridized carbons (Fsp3) is 0.0455. The van der Waals surface area contributed by atoms with E-state index in [2.05, 4.69) is 44.8 Å². The number of H-pyrrole nitrogens is 1. The normalized spacial score (nSPS) is 11.5. The first-order valence-electron chi connectivity index (χ1n) is 8.66. The van der Waals surface area contributed by atoms with Crippen LogP contribution in [0.2, 0.25) is 0 Å². The third kappa shape index (κ3) is 3.62. The van der Waals surface area contributed by atoms with Gasteiger partial charge >= 0.3 is 0 Å². The highest BCUT2D eigenvalue weighted by Gasteiger charge is 2.04. The van der Waals surface area contributed by atoms with Crippen molar-refractivity contribution in [3.63, 3.8) is 0 Å². The van der Waals surface area contributed by atoms with Crippen LogP contribution in [0.15, 0.2) is 88.8 Å². The number of fused-ring (bicyclic) bond motifs is 1. The number of hydrogen-bond donors (Lipinski definition) is 2. The third-order valence-corrected chi connectivity index (χ3v) is 4.33. The molecule has 27 heavy (non-hydrogen) atoms. The summed E-state index contributed by atoms with van der Waals surface area (Å²) in [7, 11) is 0. The van der Waals surface area contributed by atoms with Gasteiger partial charge in [-0.1, -0.05) is 60.7 Å². The van der Waals surface area contributed by atoms with Crippen LogP contribution in [-0.4, -0.2) is 15.7 Å². The van der Waals surface area contributed by atoms with Crippen LogP contribution in [0.1, 0.15) is 12.5 Å². The summed E-state index contributed by atoms with van der Waals surface area (Å²) in [4.78, 5) is 19.2. The molecule has 0 fully saturated rings. The molecule has 0 atom stereocenters. The highest BCUT2D eigenvalue weighted by Crippen LogP contribution is 2.20. The first-order valence-corrected chi connectivity index (χ1v) is 8.66. The van der Waals surface area contributed by atoms with Gasteiger partial charge < -0.3 is 0 Å². The Morgan fingerprint density at radius 2 is 1.67 bits per heavy atom. The second-order valence-electron chi connectivity index (χ2n) is 6.19. The number of aromatic nitrogens is 2. The topological polar surface area (TPSA) is 70.1 Å². The van der Waals surface area contributed by atoms with Crippen molar-refractivity contribution in [1.29, 1.82) is 0 Å². The number of nitrogens with one attached hydrogen (secondary N) is 2. The van der Waals surface area contributed by atoms with Gasteiger partial charge in [0.2, 0.25) is 5.95 Å². The predicted molar refractivity (Wildman–Crippen MR) is 110 cm³/mol. The van der Waals surface area contributed by atoms with Crippen molar-refractivity contribution >= 4 is 22.6 Å². The molecule has 0 bridgehead atoms. The molecule has 0 unspecified atom stereocenters. The third-order valence-electron chi connectivity index (χ3n) is 4.33. The van der Waals surface area contributed by atoms with Gasteiger partial charge in [-0.15, -0.1) is 0 Å². The zero-order valence-electron chi connectivity index (χ0n) is 14.8. The van der Waals surface area contributed by atoms with E-state index in [1.165, 1.54) is 0 Å². The van der Waals surface area contributed by atoms with E-state index < -0.39 is 0 Å². The highest BCUT2D eigenvalue weighted by molar-refractivity contribution is 6.00. The quantitative estimate of drug-likeness (QED) is 0.421. The molecular formula is C22H18N4O. The molecule has 0 aliphatic heterocycles. The van der Waals surface area contributed by atoms with Gasteiger partial charge in [0.15, 0.2) is 0 Å². The van der Waals surface area contributed by atoms with E-state index in [4.69, 9.17) is 0 Å². The number of aromatic amines is 1. The number of anilines is 1. The van der Waals surface area contributed by atoms with E-state index in [9.17, 15) is 4.79 Å². The summed E-state index contributed by atoms with van der Waals surface area (Å²) in [5, 5.41) is 4.94. The average Bonchev–Trinajstić information content (AvgIpc) is 2.73. The number of hydrogen-bond acceptors (Lipinski definition) is 4. The lowest BCUT2D eigenvalue weighted by atomic mass is 10.0. The Hall–Kier alpha value is -3.73. The van der Waals surface area contributed by atoms with E-state index in [1.54, 1.807) is 12.1 Å². The maximum atomic E-state index is 12.1. The molecule has 0 spiro atoms. The number of nitrogens with zero attached hydrogens (tertiary/aromatic N) is 2. The van der Waals surface area contributed by atoms with Gasteiger partial charge in [-0.05, 0) is 41.8 Å². The van der Waals surface area contributed by atoms with Crippen molar-refractivity contribution < 1.29 is 0 Å². The minimum atomic E-state index is -0.193. The molecule has 4 rings (SSSR count). The smallest absolute Gasteiger partial charge is 0.260 e. The molecule has 0 saturated heterocycles. The maximum absolute atomic E-state index is 12.1. The van der Waals surface area contributed by atoms with Crippen molar-refractivity contribution in [2.24, 2.45) is 5.10 Å². The number of hydrazone groups is 1. The lowest BCUT2D eigenvalue weighted by Gasteiger charge is -2.07. The Balaban J connectivity index is 1.61. The van der Waals surface area contributed by atoms with E-state index in [-0.39, 0.29) is 5.56 Å². The summed E-state index contributed by atoms with van der Waals surface area (Å²) in [6.07, 6.45) is 0. The summed E-state index contributed by atoms with van der Waals surface area (Å²) < 4.78 is 0. The molecule has 4 aromatic rings. The number of rotatable bonds is 4. The SMILES string of the molecule is C/C(=N\Nc1nc2ccccc2c(=O)[nH]1)c1cccc(-c2ccccc2)c1. The van der Waals surface area contributed by atoms with Crippen LogP contribution in [0.3, 0.4) is 0 Å². The summed E-state index contributed by atoms with van der Waals surface area (Å²) in [5.41, 5.74) is 7.36. The van der Waals surface area contributed by atoms with Crippen LogP contribution < -0.4 is 11.0 Å². The second-order valence-corrected chi connectivity index (χ2v) is 6.19. The molecule has 132 valence electrons. The molecule has 0 saturated carbocycles. The second kappa shape index (κ2) is 7.25.